The highest BCUT2D eigenvalue weighted by Crippen LogP contribution is 2.18. The van der Waals surface area contributed by atoms with Gasteiger partial charge in [0.2, 0.25) is 0 Å². The van der Waals surface area contributed by atoms with E-state index in [1.165, 1.54) is 0 Å². The summed E-state index contributed by atoms with van der Waals surface area (Å²) in [5.74, 6) is 0.888. The second-order valence-corrected chi connectivity index (χ2v) is 9.22. The average molecular weight is 423 g/mol. The topological polar surface area (TPSA) is 87.1 Å². The quantitative estimate of drug-likeness (QED) is 0.696. The Hall–Kier alpha value is -3.00. The summed E-state index contributed by atoms with van der Waals surface area (Å²) < 4.78 is 1.56. The molecule has 3 heterocycles. The van der Waals surface area contributed by atoms with Crippen LogP contribution in [0.15, 0.2) is 35.1 Å². The molecule has 0 aliphatic carbocycles. The first kappa shape index (κ1) is 21.2. The first-order valence-electron chi connectivity index (χ1n) is 10.8. The van der Waals surface area contributed by atoms with E-state index < -0.39 is 0 Å². The van der Waals surface area contributed by atoms with E-state index >= 15 is 0 Å². The molecule has 1 aromatic carbocycles. The fourth-order valence-corrected chi connectivity index (χ4v) is 3.87. The lowest BCUT2D eigenvalue weighted by atomic mass is 9.92. The largest absolute Gasteiger partial charge is 0.342 e. The zero-order chi connectivity index (χ0) is 22.2. The lowest BCUT2D eigenvalue weighted by molar-refractivity contribution is 0.0631. The Morgan fingerprint density at radius 1 is 1.06 bits per heavy atom. The van der Waals surface area contributed by atoms with Gasteiger partial charge in [-0.15, -0.1) is 0 Å². The summed E-state index contributed by atoms with van der Waals surface area (Å²) in [5.41, 5.74) is 3.17. The summed E-state index contributed by atoms with van der Waals surface area (Å²) in [6, 6.07) is 9.02. The highest BCUT2D eigenvalue weighted by Gasteiger charge is 2.23. The van der Waals surface area contributed by atoms with Gasteiger partial charge in [-0.2, -0.15) is 5.10 Å². The highest BCUT2D eigenvalue weighted by molar-refractivity contribution is 5.97. The number of hydrogen-bond acceptors (Lipinski definition) is 5. The molecule has 0 unspecified atom stereocenters. The second kappa shape index (κ2) is 8.26. The van der Waals surface area contributed by atoms with Crippen molar-refractivity contribution in [2.45, 2.75) is 39.7 Å². The van der Waals surface area contributed by atoms with E-state index in [1.807, 2.05) is 36.1 Å². The standard InChI is InChI=1S/C23H30N6O2/c1-16-24-18-6-5-17(15-19(18)25-16)22(31)28-12-9-27(10-13-28)11-14-29-21(30)8-7-20(26-29)23(2,3)4/h5-8,15H,9-14H2,1-4H3,(H,24,25). The number of piperazine rings is 1. The third-order valence-corrected chi connectivity index (χ3v) is 5.77. The van der Waals surface area contributed by atoms with Crippen molar-refractivity contribution in [3.05, 3.63) is 57.8 Å². The molecule has 8 heteroatoms. The van der Waals surface area contributed by atoms with Gasteiger partial charge in [-0.05, 0) is 31.2 Å². The minimum atomic E-state index is -0.0979. The molecule has 2 aromatic heterocycles. The molecule has 8 nitrogen and oxygen atoms in total. The van der Waals surface area contributed by atoms with Gasteiger partial charge in [-0.3, -0.25) is 14.5 Å². The summed E-state index contributed by atoms with van der Waals surface area (Å²) in [5, 5.41) is 4.54. The number of amides is 1. The molecule has 0 bridgehead atoms. The first-order valence-corrected chi connectivity index (χ1v) is 10.8. The van der Waals surface area contributed by atoms with Crippen LogP contribution in [0, 0.1) is 6.92 Å². The van der Waals surface area contributed by atoms with Gasteiger partial charge in [0.1, 0.15) is 5.82 Å². The number of carbonyl (C=O) groups is 1. The molecule has 0 radical (unpaired) electrons. The molecule has 1 N–H and O–H groups in total. The van der Waals surface area contributed by atoms with Crippen LogP contribution >= 0.6 is 0 Å². The van der Waals surface area contributed by atoms with Gasteiger partial charge in [-0.1, -0.05) is 20.8 Å². The van der Waals surface area contributed by atoms with Crippen LogP contribution in [0.3, 0.4) is 0 Å². The number of fused-ring (bicyclic) bond motifs is 1. The van der Waals surface area contributed by atoms with Gasteiger partial charge < -0.3 is 9.88 Å². The molecule has 4 rings (SSSR count). The lowest BCUT2D eigenvalue weighted by Gasteiger charge is -2.34. The fourth-order valence-electron chi connectivity index (χ4n) is 3.87. The van der Waals surface area contributed by atoms with Crippen molar-refractivity contribution in [3.8, 4) is 0 Å². The third kappa shape index (κ3) is 4.69. The Morgan fingerprint density at radius 3 is 2.52 bits per heavy atom. The van der Waals surface area contributed by atoms with E-state index in [0.717, 1.165) is 42.2 Å². The predicted octanol–water partition coefficient (Wildman–Crippen LogP) is 2.18. The molecule has 0 spiro atoms. The third-order valence-electron chi connectivity index (χ3n) is 5.77. The van der Waals surface area contributed by atoms with Crippen LogP contribution in [-0.2, 0) is 12.0 Å². The summed E-state index contributed by atoms with van der Waals surface area (Å²) >= 11 is 0. The zero-order valence-electron chi connectivity index (χ0n) is 18.7. The summed E-state index contributed by atoms with van der Waals surface area (Å²) in [4.78, 5) is 36.9. The van der Waals surface area contributed by atoms with Crippen LogP contribution in [0.25, 0.3) is 11.0 Å². The normalized spacial score (nSPS) is 15.5. The molecule has 1 fully saturated rings. The number of nitrogens with zero attached hydrogens (tertiary/aromatic N) is 5. The van der Waals surface area contributed by atoms with Crippen molar-refractivity contribution in [2.24, 2.45) is 0 Å². The number of nitrogens with one attached hydrogen (secondary N) is 1. The Labute approximate surface area is 181 Å². The first-order chi connectivity index (χ1) is 14.7. The van der Waals surface area contributed by atoms with Gasteiger partial charge in [0, 0.05) is 49.8 Å². The van der Waals surface area contributed by atoms with Crippen molar-refractivity contribution in [2.75, 3.05) is 32.7 Å². The number of hydrogen-bond donors (Lipinski definition) is 1. The maximum atomic E-state index is 12.9. The highest BCUT2D eigenvalue weighted by atomic mass is 16.2. The van der Waals surface area contributed by atoms with E-state index in [2.05, 4.69) is 40.7 Å². The Balaban J connectivity index is 1.34. The molecule has 1 saturated heterocycles. The van der Waals surface area contributed by atoms with Gasteiger partial charge in [0.25, 0.3) is 11.5 Å². The SMILES string of the molecule is Cc1nc2ccc(C(=O)N3CCN(CCn4nc(C(C)(C)C)ccc4=O)CC3)cc2[nH]1. The van der Waals surface area contributed by atoms with Crippen LogP contribution in [0.4, 0.5) is 0 Å². The monoisotopic (exact) mass is 422 g/mol. The van der Waals surface area contributed by atoms with E-state index in [4.69, 9.17) is 0 Å². The van der Waals surface area contributed by atoms with E-state index in [0.29, 0.717) is 25.2 Å². The molecule has 1 amide bonds. The molecular formula is C23H30N6O2. The number of carbonyl (C=O) groups excluding carboxylic acids is 1. The number of imidazole rings is 1. The Morgan fingerprint density at radius 2 is 1.81 bits per heavy atom. The molecule has 3 aromatic rings. The molecule has 164 valence electrons. The summed E-state index contributed by atoms with van der Waals surface area (Å²) in [6.45, 7) is 12.4. The Bertz CT molecular complexity index is 1150. The molecule has 31 heavy (non-hydrogen) atoms. The van der Waals surface area contributed by atoms with Crippen molar-refractivity contribution >= 4 is 16.9 Å². The second-order valence-electron chi connectivity index (χ2n) is 9.22. The van der Waals surface area contributed by atoms with Gasteiger partial charge in [0.05, 0.1) is 23.3 Å². The molecular weight excluding hydrogens is 392 g/mol. The zero-order valence-corrected chi connectivity index (χ0v) is 18.7. The summed E-state index contributed by atoms with van der Waals surface area (Å²) in [6.07, 6.45) is 0. The van der Waals surface area contributed by atoms with Gasteiger partial charge >= 0.3 is 0 Å². The number of H-pyrrole nitrogens is 1. The molecule has 1 aliphatic heterocycles. The van der Waals surface area contributed by atoms with Gasteiger partial charge in [-0.25, -0.2) is 9.67 Å². The summed E-state index contributed by atoms with van der Waals surface area (Å²) in [7, 11) is 0. The van der Waals surface area contributed by atoms with Gasteiger partial charge in [0.15, 0.2) is 0 Å². The predicted molar refractivity (Wildman–Crippen MR) is 120 cm³/mol. The van der Waals surface area contributed by atoms with Crippen molar-refractivity contribution < 1.29 is 4.79 Å². The van der Waals surface area contributed by atoms with Crippen molar-refractivity contribution in [3.63, 3.8) is 0 Å². The van der Waals surface area contributed by atoms with E-state index in [9.17, 15) is 9.59 Å². The maximum Gasteiger partial charge on any atom is 0.266 e. The van der Waals surface area contributed by atoms with Crippen LogP contribution in [-0.4, -0.2) is 68.2 Å². The van der Waals surface area contributed by atoms with E-state index in [-0.39, 0.29) is 16.9 Å². The fraction of sp³-hybridized carbons (Fsp3) is 0.478. The number of aryl methyl sites for hydroxylation is 1. The minimum Gasteiger partial charge on any atom is -0.342 e. The number of aromatic nitrogens is 4. The minimum absolute atomic E-state index is 0.0459. The number of rotatable bonds is 4. The molecule has 1 aliphatic rings. The molecule has 0 atom stereocenters. The van der Waals surface area contributed by atoms with Crippen LogP contribution < -0.4 is 5.56 Å². The van der Waals surface area contributed by atoms with Crippen LogP contribution in [0.2, 0.25) is 0 Å². The lowest BCUT2D eigenvalue weighted by Crippen LogP contribution is -2.49. The smallest absolute Gasteiger partial charge is 0.266 e. The van der Waals surface area contributed by atoms with Crippen molar-refractivity contribution in [1.82, 2.24) is 29.5 Å². The Kier molecular flexibility index (Phi) is 5.66. The van der Waals surface area contributed by atoms with Crippen LogP contribution in [0.1, 0.15) is 42.6 Å². The van der Waals surface area contributed by atoms with Crippen LogP contribution in [0.5, 0.6) is 0 Å². The number of benzene rings is 1. The molecule has 0 saturated carbocycles. The maximum absolute atomic E-state index is 12.9. The number of aromatic amines is 1. The average Bonchev–Trinajstić information content (AvgIpc) is 3.11. The van der Waals surface area contributed by atoms with Crippen molar-refractivity contribution in [1.29, 1.82) is 0 Å². The van der Waals surface area contributed by atoms with E-state index in [1.54, 1.807) is 10.7 Å².